The van der Waals surface area contributed by atoms with Crippen LogP contribution in [-0.4, -0.2) is 78.3 Å². The number of alkyl halides is 1. The average molecular weight is 504 g/mol. The van der Waals surface area contributed by atoms with E-state index in [1.807, 2.05) is 24.3 Å². The number of fused-ring (bicyclic) bond motifs is 1. The Morgan fingerprint density at radius 1 is 1.12 bits per heavy atom. The summed E-state index contributed by atoms with van der Waals surface area (Å²) in [4.78, 5) is 2.47. The summed E-state index contributed by atoms with van der Waals surface area (Å²) in [6.07, 6.45) is 3.89. The first-order valence-corrected chi connectivity index (χ1v) is 13.0. The van der Waals surface area contributed by atoms with E-state index in [0.29, 0.717) is 31.4 Å². The van der Waals surface area contributed by atoms with Crippen molar-refractivity contribution in [1.82, 2.24) is 9.62 Å². The highest BCUT2D eigenvalue weighted by atomic mass is 35.5. The molecule has 7 nitrogen and oxygen atoms in total. The Hall–Kier alpha value is -0.970. The van der Waals surface area contributed by atoms with E-state index >= 15 is 0 Å². The van der Waals surface area contributed by atoms with Crippen molar-refractivity contribution in [3.8, 4) is 0 Å². The number of ether oxygens (including phenoxy) is 2. The predicted molar refractivity (Wildman–Crippen MR) is 128 cm³/mol. The van der Waals surface area contributed by atoms with Crippen LogP contribution in [0.2, 0.25) is 0 Å². The minimum Gasteiger partial charge on any atom is -0.378 e. The zero-order chi connectivity index (χ0) is 23.1. The van der Waals surface area contributed by atoms with Crippen molar-refractivity contribution in [2.75, 3.05) is 59.7 Å². The number of piperidine rings is 1. The molecule has 3 atom stereocenters. The predicted octanol–water partition coefficient (Wildman–Crippen LogP) is 2.27. The van der Waals surface area contributed by atoms with Crippen molar-refractivity contribution in [3.63, 3.8) is 0 Å². The molecule has 3 unspecified atom stereocenters. The number of rotatable bonds is 11. The number of allylic oxidation sites excluding steroid dienone is 3. The van der Waals surface area contributed by atoms with Gasteiger partial charge < -0.3 is 20.1 Å². The van der Waals surface area contributed by atoms with Crippen LogP contribution in [0.25, 0.3) is 0 Å². The average Bonchev–Trinajstić information content (AvgIpc) is 2.76. The van der Waals surface area contributed by atoms with Gasteiger partial charge in [-0.2, -0.15) is 0 Å². The molecule has 1 aliphatic heterocycles. The van der Waals surface area contributed by atoms with Gasteiger partial charge in [0.25, 0.3) is 0 Å². The highest BCUT2D eigenvalue weighted by molar-refractivity contribution is 7.89. The maximum atomic E-state index is 12.6. The number of nitrogens with two attached hydrogens (primary N) is 1. The van der Waals surface area contributed by atoms with Gasteiger partial charge in [0.2, 0.25) is 10.0 Å². The number of hydrogen-bond acceptors (Lipinski definition) is 6. The van der Waals surface area contributed by atoms with Crippen LogP contribution in [0.3, 0.4) is 0 Å². The summed E-state index contributed by atoms with van der Waals surface area (Å²) in [5, 5.41) is 0.508. The number of likely N-dealkylation sites (tertiary alicyclic amines) is 1. The maximum Gasteiger partial charge on any atom is 0.240 e. The Morgan fingerprint density at radius 3 is 2.50 bits per heavy atom. The van der Waals surface area contributed by atoms with Gasteiger partial charge in [-0.3, -0.25) is 0 Å². The van der Waals surface area contributed by atoms with Gasteiger partial charge in [-0.1, -0.05) is 29.3 Å². The molecule has 32 heavy (non-hydrogen) atoms. The van der Waals surface area contributed by atoms with Gasteiger partial charge in [0.15, 0.2) is 0 Å². The quantitative estimate of drug-likeness (QED) is 0.355. The Kier molecular flexibility index (Phi) is 9.57. The second kappa shape index (κ2) is 11.9. The van der Waals surface area contributed by atoms with Gasteiger partial charge in [-0.15, -0.1) is 11.6 Å². The first kappa shape index (κ1) is 25.6. The van der Waals surface area contributed by atoms with Gasteiger partial charge in [-0.25, -0.2) is 13.1 Å². The minimum absolute atomic E-state index is 0.113. The van der Waals surface area contributed by atoms with Gasteiger partial charge in [0.05, 0.1) is 36.7 Å². The molecule has 178 valence electrons. The third-order valence-corrected chi connectivity index (χ3v) is 7.75. The van der Waals surface area contributed by atoms with Crippen LogP contribution in [0.1, 0.15) is 11.5 Å². The SMILES string of the molecule is CN1CC(c2ccc(S(=O)(=O)NCCOCCOCCN)cc2)C2=CC(Cl)=CC(Cl)C2C1. The number of sulfonamides is 1. The smallest absolute Gasteiger partial charge is 0.240 e. The summed E-state index contributed by atoms with van der Waals surface area (Å²) >= 11 is 12.8. The number of nitrogens with zero attached hydrogens (tertiary/aromatic N) is 1. The van der Waals surface area contributed by atoms with Crippen LogP contribution in [0.5, 0.6) is 0 Å². The lowest BCUT2D eigenvalue weighted by Crippen LogP contribution is -2.42. The largest absolute Gasteiger partial charge is 0.378 e. The number of benzene rings is 1. The molecule has 1 fully saturated rings. The van der Waals surface area contributed by atoms with Crippen LogP contribution in [0.15, 0.2) is 51.9 Å². The molecule has 0 aromatic heterocycles. The molecule has 0 radical (unpaired) electrons. The van der Waals surface area contributed by atoms with E-state index in [2.05, 4.69) is 16.7 Å². The lowest BCUT2D eigenvalue weighted by Gasteiger charge is -2.41. The molecule has 1 aliphatic carbocycles. The monoisotopic (exact) mass is 503 g/mol. The first-order chi connectivity index (χ1) is 15.3. The summed E-state index contributed by atoms with van der Waals surface area (Å²) in [6.45, 7) is 3.92. The molecule has 10 heteroatoms. The van der Waals surface area contributed by atoms with Gasteiger partial charge >= 0.3 is 0 Å². The second-order valence-corrected chi connectivity index (χ2v) is 10.7. The fourth-order valence-electron chi connectivity index (χ4n) is 4.07. The van der Waals surface area contributed by atoms with Crippen molar-refractivity contribution < 1.29 is 17.9 Å². The van der Waals surface area contributed by atoms with Crippen LogP contribution >= 0.6 is 23.2 Å². The van der Waals surface area contributed by atoms with Crippen LogP contribution in [0, 0.1) is 5.92 Å². The lowest BCUT2D eigenvalue weighted by atomic mass is 9.76. The molecule has 3 rings (SSSR count). The first-order valence-electron chi connectivity index (χ1n) is 10.7. The summed E-state index contributed by atoms with van der Waals surface area (Å²) in [5.41, 5.74) is 7.58. The molecule has 1 heterocycles. The number of halogens is 2. The van der Waals surface area contributed by atoms with E-state index in [-0.39, 0.29) is 35.3 Å². The van der Waals surface area contributed by atoms with E-state index in [4.69, 9.17) is 38.4 Å². The molecule has 1 aromatic rings. The summed E-state index contributed by atoms with van der Waals surface area (Å²) < 4.78 is 38.3. The normalized spacial score (nSPS) is 24.1. The summed E-state index contributed by atoms with van der Waals surface area (Å²) in [7, 11) is -1.54. The van der Waals surface area contributed by atoms with Crippen LogP contribution < -0.4 is 10.5 Å². The number of likely N-dealkylation sites (N-methyl/N-ethyl adjacent to an activating group) is 1. The van der Waals surface area contributed by atoms with E-state index in [0.717, 1.165) is 18.7 Å². The highest BCUT2D eigenvalue weighted by Crippen LogP contribution is 2.42. The van der Waals surface area contributed by atoms with E-state index in [1.54, 1.807) is 12.1 Å². The molecule has 0 amide bonds. The Balaban J connectivity index is 1.59. The topological polar surface area (TPSA) is 93.9 Å². The minimum atomic E-state index is -3.61. The van der Waals surface area contributed by atoms with E-state index in [1.165, 1.54) is 5.57 Å². The molecular formula is C22H31Cl2N3O4S. The molecule has 0 bridgehead atoms. The third-order valence-electron chi connectivity index (χ3n) is 5.61. The maximum absolute atomic E-state index is 12.6. The molecule has 1 aromatic carbocycles. The highest BCUT2D eigenvalue weighted by Gasteiger charge is 2.36. The standard InChI is InChI=1S/C22H31Cl2N3O4S/c1-27-14-20(19-12-17(23)13-22(24)21(19)15-27)16-2-4-18(5-3-16)32(28,29)26-7-9-31-11-10-30-8-6-25/h2-5,12-13,20-22,26H,6-11,14-15,25H2,1H3. The van der Waals surface area contributed by atoms with E-state index in [9.17, 15) is 8.42 Å². The fraction of sp³-hybridized carbons (Fsp3) is 0.545. The summed E-state index contributed by atoms with van der Waals surface area (Å²) in [6, 6.07) is 7.03. The van der Waals surface area contributed by atoms with E-state index < -0.39 is 10.0 Å². The van der Waals surface area contributed by atoms with Gasteiger partial charge in [-0.05, 0) is 36.9 Å². The molecule has 0 spiro atoms. The second-order valence-electron chi connectivity index (χ2n) is 8.00. The van der Waals surface area contributed by atoms with Crippen LogP contribution in [0.4, 0.5) is 0 Å². The third kappa shape index (κ3) is 6.77. The zero-order valence-corrected chi connectivity index (χ0v) is 20.5. The number of hydrogen-bond donors (Lipinski definition) is 2. The molecule has 1 saturated heterocycles. The molecular weight excluding hydrogens is 473 g/mol. The van der Waals surface area contributed by atoms with Crippen LogP contribution in [-0.2, 0) is 19.5 Å². The Morgan fingerprint density at radius 2 is 1.81 bits per heavy atom. The molecule has 0 saturated carbocycles. The molecule has 3 N–H and O–H groups in total. The van der Waals surface area contributed by atoms with Crippen molar-refractivity contribution in [3.05, 3.63) is 52.6 Å². The lowest BCUT2D eigenvalue weighted by molar-refractivity contribution is 0.0530. The van der Waals surface area contributed by atoms with Crippen molar-refractivity contribution in [2.24, 2.45) is 11.7 Å². The number of nitrogens with one attached hydrogen (secondary N) is 1. The van der Waals surface area contributed by atoms with Crippen molar-refractivity contribution in [2.45, 2.75) is 16.2 Å². The molecule has 2 aliphatic rings. The van der Waals surface area contributed by atoms with Crippen molar-refractivity contribution in [1.29, 1.82) is 0 Å². The Labute approximate surface area is 200 Å². The van der Waals surface area contributed by atoms with Gasteiger partial charge in [0, 0.05) is 43.0 Å². The Bertz CT molecular complexity index is 922. The zero-order valence-electron chi connectivity index (χ0n) is 18.2. The fourth-order valence-corrected chi connectivity index (χ4v) is 5.77. The van der Waals surface area contributed by atoms with Crippen molar-refractivity contribution >= 4 is 33.2 Å². The van der Waals surface area contributed by atoms with Gasteiger partial charge in [0.1, 0.15) is 0 Å². The summed E-state index contributed by atoms with van der Waals surface area (Å²) in [5.74, 6) is 0.302.